The average molecular weight is 488 g/mol. The number of ether oxygens (including phenoxy) is 1. The zero-order chi connectivity index (χ0) is 24.7. The molecule has 0 aromatic heterocycles. The van der Waals surface area contributed by atoms with Crippen LogP contribution in [0.2, 0.25) is 0 Å². The number of hydrogen-bond donors (Lipinski definition) is 2. The Kier molecular flexibility index (Phi) is 8.97. The van der Waals surface area contributed by atoms with E-state index in [9.17, 15) is 13.2 Å². The van der Waals surface area contributed by atoms with Crippen molar-refractivity contribution in [2.45, 2.75) is 44.9 Å². The molecule has 0 radical (unpaired) electrons. The van der Waals surface area contributed by atoms with E-state index in [0.717, 1.165) is 49.9 Å². The van der Waals surface area contributed by atoms with Gasteiger partial charge in [0, 0.05) is 30.9 Å². The van der Waals surface area contributed by atoms with Crippen LogP contribution in [0.1, 0.15) is 49.0 Å². The molecule has 1 heterocycles. The Balaban J connectivity index is 1.54. The molecule has 0 saturated carbocycles. The van der Waals surface area contributed by atoms with Gasteiger partial charge in [-0.1, -0.05) is 19.9 Å². The lowest BCUT2D eigenvalue weighted by Gasteiger charge is -2.34. The molecule has 3 rings (SSSR count). The lowest BCUT2D eigenvalue weighted by atomic mass is 9.92. The Morgan fingerprint density at radius 2 is 1.74 bits per heavy atom. The van der Waals surface area contributed by atoms with Gasteiger partial charge in [-0.15, -0.1) is 0 Å². The van der Waals surface area contributed by atoms with Gasteiger partial charge in [-0.3, -0.25) is 9.52 Å². The highest BCUT2D eigenvalue weighted by Gasteiger charge is 2.21. The minimum absolute atomic E-state index is 0.0485. The van der Waals surface area contributed by atoms with Gasteiger partial charge in [0.15, 0.2) is 0 Å². The number of unbranched alkanes of at least 4 members (excludes halogenated alkanes) is 1. The molecular formula is C26H37N3O4S. The minimum atomic E-state index is -3.83. The smallest absolute Gasteiger partial charge is 0.261 e. The molecule has 34 heavy (non-hydrogen) atoms. The van der Waals surface area contributed by atoms with Gasteiger partial charge in [-0.25, -0.2) is 8.42 Å². The molecule has 2 aromatic carbocycles. The Hall–Kier alpha value is -2.58. The summed E-state index contributed by atoms with van der Waals surface area (Å²) in [6, 6.07) is 11.2. The molecule has 186 valence electrons. The maximum atomic E-state index is 12.9. The van der Waals surface area contributed by atoms with Gasteiger partial charge in [0.25, 0.3) is 15.9 Å². The van der Waals surface area contributed by atoms with E-state index in [1.165, 1.54) is 18.6 Å². The van der Waals surface area contributed by atoms with Crippen molar-refractivity contribution in [1.82, 2.24) is 10.2 Å². The number of rotatable bonds is 10. The first-order chi connectivity index (χ1) is 16.2. The monoisotopic (exact) mass is 487 g/mol. The molecule has 2 N–H and O–H groups in total. The molecule has 0 spiro atoms. The van der Waals surface area contributed by atoms with E-state index in [1.807, 2.05) is 0 Å². The van der Waals surface area contributed by atoms with Crippen LogP contribution >= 0.6 is 0 Å². The molecule has 0 aliphatic carbocycles. The molecule has 1 aliphatic rings. The summed E-state index contributed by atoms with van der Waals surface area (Å²) in [6.07, 6.45) is 3.22. The van der Waals surface area contributed by atoms with E-state index >= 15 is 0 Å². The van der Waals surface area contributed by atoms with Crippen molar-refractivity contribution >= 4 is 21.6 Å². The summed E-state index contributed by atoms with van der Waals surface area (Å²) in [5.41, 5.74) is 1.53. The third kappa shape index (κ3) is 7.21. The SMILES string of the molecule is COc1ccc(NS(=O)(=O)c2ccc(C)c(C(=O)NCCCCN3CC(C)CC(C)C3)c2)cc1. The van der Waals surface area contributed by atoms with Crippen LogP contribution in [0, 0.1) is 18.8 Å². The molecule has 0 bridgehead atoms. The van der Waals surface area contributed by atoms with Crippen LogP contribution in [0.3, 0.4) is 0 Å². The van der Waals surface area contributed by atoms with E-state index in [-0.39, 0.29) is 10.8 Å². The summed E-state index contributed by atoms with van der Waals surface area (Å²) < 4.78 is 33.4. The van der Waals surface area contributed by atoms with Crippen LogP contribution in [0.4, 0.5) is 5.69 Å². The molecular weight excluding hydrogens is 450 g/mol. The van der Waals surface area contributed by atoms with Crippen LogP contribution in [-0.2, 0) is 10.0 Å². The number of benzene rings is 2. The van der Waals surface area contributed by atoms with Gasteiger partial charge in [-0.2, -0.15) is 0 Å². The summed E-state index contributed by atoms with van der Waals surface area (Å²) in [7, 11) is -2.28. The zero-order valence-electron chi connectivity index (χ0n) is 20.6. The maximum absolute atomic E-state index is 12.9. The fraction of sp³-hybridized carbons (Fsp3) is 0.500. The Bertz CT molecular complexity index is 1060. The molecule has 1 aliphatic heterocycles. The molecule has 1 fully saturated rings. The molecule has 2 atom stereocenters. The second kappa shape index (κ2) is 11.7. The van der Waals surface area contributed by atoms with Crippen LogP contribution in [0.25, 0.3) is 0 Å². The van der Waals surface area contributed by atoms with E-state index in [0.29, 0.717) is 23.5 Å². The van der Waals surface area contributed by atoms with E-state index < -0.39 is 10.0 Å². The van der Waals surface area contributed by atoms with Crippen molar-refractivity contribution in [3.63, 3.8) is 0 Å². The molecule has 2 aromatic rings. The largest absolute Gasteiger partial charge is 0.497 e. The third-order valence-corrected chi connectivity index (χ3v) is 7.62. The number of nitrogens with zero attached hydrogens (tertiary/aromatic N) is 1. The summed E-state index contributed by atoms with van der Waals surface area (Å²) in [4.78, 5) is 15.3. The second-order valence-electron chi connectivity index (χ2n) is 9.48. The average Bonchev–Trinajstić information content (AvgIpc) is 2.78. The first kappa shape index (κ1) is 26.0. The first-order valence-corrected chi connectivity index (χ1v) is 13.4. The van der Waals surface area contributed by atoms with Gasteiger partial charge in [-0.05, 0) is 86.5 Å². The summed E-state index contributed by atoms with van der Waals surface area (Å²) >= 11 is 0. The summed E-state index contributed by atoms with van der Waals surface area (Å²) in [6.45, 7) is 10.4. The fourth-order valence-electron chi connectivity index (χ4n) is 4.62. The third-order valence-electron chi connectivity index (χ3n) is 6.24. The highest BCUT2D eigenvalue weighted by atomic mass is 32.2. The fourth-order valence-corrected chi connectivity index (χ4v) is 5.70. The number of anilines is 1. The van der Waals surface area contributed by atoms with E-state index in [1.54, 1.807) is 44.4 Å². The van der Waals surface area contributed by atoms with Gasteiger partial charge in [0.1, 0.15) is 5.75 Å². The maximum Gasteiger partial charge on any atom is 0.261 e. The minimum Gasteiger partial charge on any atom is -0.497 e. The Morgan fingerprint density at radius 1 is 1.06 bits per heavy atom. The summed E-state index contributed by atoms with van der Waals surface area (Å²) in [5.74, 6) is 1.87. The molecule has 8 heteroatoms. The highest BCUT2D eigenvalue weighted by molar-refractivity contribution is 7.92. The van der Waals surface area contributed by atoms with Gasteiger partial charge >= 0.3 is 0 Å². The highest BCUT2D eigenvalue weighted by Crippen LogP contribution is 2.22. The molecule has 1 saturated heterocycles. The number of likely N-dealkylation sites (tertiary alicyclic amines) is 1. The Morgan fingerprint density at radius 3 is 2.38 bits per heavy atom. The van der Waals surface area contributed by atoms with Crippen molar-refractivity contribution in [2.75, 3.05) is 38.0 Å². The van der Waals surface area contributed by atoms with Crippen LogP contribution in [0.15, 0.2) is 47.4 Å². The van der Waals surface area contributed by atoms with Crippen LogP contribution in [-0.4, -0.2) is 52.5 Å². The number of carbonyl (C=O) groups excluding carboxylic acids is 1. The number of hydrogen-bond acceptors (Lipinski definition) is 5. The number of carbonyl (C=O) groups is 1. The standard InChI is InChI=1S/C26H37N3O4S/c1-19-15-20(2)18-29(17-19)14-6-5-13-27-26(30)25-16-24(12-7-21(25)3)34(31,32)28-22-8-10-23(33-4)11-9-22/h7-12,16,19-20,28H,5-6,13-15,17-18H2,1-4H3,(H,27,30). The summed E-state index contributed by atoms with van der Waals surface area (Å²) in [5, 5.41) is 2.95. The van der Waals surface area contributed by atoms with Gasteiger partial charge in [0.05, 0.1) is 12.0 Å². The van der Waals surface area contributed by atoms with Crippen molar-refractivity contribution in [3.8, 4) is 5.75 Å². The second-order valence-corrected chi connectivity index (χ2v) is 11.2. The first-order valence-electron chi connectivity index (χ1n) is 12.0. The number of piperidine rings is 1. The van der Waals surface area contributed by atoms with Crippen molar-refractivity contribution < 1.29 is 17.9 Å². The van der Waals surface area contributed by atoms with E-state index in [2.05, 4.69) is 28.8 Å². The lowest BCUT2D eigenvalue weighted by molar-refractivity contribution is 0.0950. The molecule has 2 unspecified atom stereocenters. The topological polar surface area (TPSA) is 87.7 Å². The number of nitrogens with one attached hydrogen (secondary N) is 2. The van der Waals surface area contributed by atoms with Gasteiger partial charge < -0.3 is 15.0 Å². The predicted octanol–water partition coefficient (Wildman–Crippen LogP) is 4.29. The quantitative estimate of drug-likeness (QED) is 0.488. The number of methoxy groups -OCH3 is 1. The molecule has 7 nitrogen and oxygen atoms in total. The van der Waals surface area contributed by atoms with Crippen LogP contribution in [0.5, 0.6) is 5.75 Å². The number of sulfonamides is 1. The van der Waals surface area contributed by atoms with Crippen LogP contribution < -0.4 is 14.8 Å². The number of aryl methyl sites for hydroxylation is 1. The number of amides is 1. The zero-order valence-corrected chi connectivity index (χ0v) is 21.5. The van der Waals surface area contributed by atoms with E-state index in [4.69, 9.17) is 4.74 Å². The Labute approximate surface area is 203 Å². The molecule has 1 amide bonds. The van der Waals surface area contributed by atoms with Crippen molar-refractivity contribution in [1.29, 1.82) is 0 Å². The van der Waals surface area contributed by atoms with Crippen molar-refractivity contribution in [3.05, 3.63) is 53.6 Å². The predicted molar refractivity (Wildman–Crippen MR) is 136 cm³/mol. The van der Waals surface area contributed by atoms with Gasteiger partial charge in [0.2, 0.25) is 0 Å². The normalized spacial score (nSPS) is 18.9. The van der Waals surface area contributed by atoms with Crippen molar-refractivity contribution in [2.24, 2.45) is 11.8 Å². The lowest BCUT2D eigenvalue weighted by Crippen LogP contribution is -2.39.